The average molecular weight is 298 g/mol. The van der Waals surface area contributed by atoms with Gasteiger partial charge in [-0.25, -0.2) is 0 Å². The predicted octanol–water partition coefficient (Wildman–Crippen LogP) is 1.42. The molecule has 2 fully saturated rings. The van der Waals surface area contributed by atoms with Crippen molar-refractivity contribution in [3.8, 4) is 0 Å². The normalized spacial score (nSPS) is 24.6. The van der Waals surface area contributed by atoms with Gasteiger partial charge in [-0.1, -0.05) is 13.8 Å². The van der Waals surface area contributed by atoms with Gasteiger partial charge in [-0.3, -0.25) is 9.69 Å². The van der Waals surface area contributed by atoms with Gasteiger partial charge in [0.1, 0.15) is 12.6 Å². The Kier molecular flexibility index (Phi) is 6.93. The number of ether oxygens (including phenoxy) is 2. The molecule has 0 amide bonds. The first-order valence-electron chi connectivity index (χ1n) is 8.39. The Morgan fingerprint density at radius 2 is 2.00 bits per heavy atom. The van der Waals surface area contributed by atoms with E-state index >= 15 is 0 Å². The SMILES string of the molecule is CC(C)COCCOC(=O)C1CCCN1C1CCNCC1. The fourth-order valence-corrected chi connectivity index (χ4v) is 3.23. The van der Waals surface area contributed by atoms with Crippen LogP contribution in [-0.2, 0) is 14.3 Å². The van der Waals surface area contributed by atoms with E-state index in [9.17, 15) is 4.79 Å². The molecule has 21 heavy (non-hydrogen) atoms. The van der Waals surface area contributed by atoms with Gasteiger partial charge in [-0.15, -0.1) is 0 Å². The average Bonchev–Trinajstić information content (AvgIpc) is 2.97. The minimum Gasteiger partial charge on any atom is -0.462 e. The first-order chi connectivity index (χ1) is 10.2. The van der Waals surface area contributed by atoms with Crippen molar-refractivity contribution >= 4 is 5.97 Å². The summed E-state index contributed by atoms with van der Waals surface area (Å²) in [6.07, 6.45) is 4.33. The van der Waals surface area contributed by atoms with E-state index in [4.69, 9.17) is 9.47 Å². The Morgan fingerprint density at radius 1 is 1.24 bits per heavy atom. The lowest BCUT2D eigenvalue weighted by Gasteiger charge is -2.34. The molecule has 0 bridgehead atoms. The zero-order valence-electron chi connectivity index (χ0n) is 13.5. The molecular weight excluding hydrogens is 268 g/mol. The lowest BCUT2D eigenvalue weighted by Crippen LogP contribution is -2.48. The lowest BCUT2D eigenvalue weighted by molar-refractivity contribution is -0.151. The maximum absolute atomic E-state index is 12.3. The number of hydrogen-bond donors (Lipinski definition) is 1. The van der Waals surface area contributed by atoms with E-state index in [1.165, 1.54) is 0 Å². The molecule has 0 radical (unpaired) electrons. The van der Waals surface area contributed by atoms with Crippen molar-refractivity contribution in [2.45, 2.75) is 51.6 Å². The molecule has 2 aliphatic rings. The number of piperidine rings is 1. The van der Waals surface area contributed by atoms with Crippen LogP contribution in [0.15, 0.2) is 0 Å². The Hall–Kier alpha value is -0.650. The third-order valence-electron chi connectivity index (χ3n) is 4.27. The highest BCUT2D eigenvalue weighted by Crippen LogP contribution is 2.25. The number of nitrogens with one attached hydrogen (secondary N) is 1. The molecule has 0 aliphatic carbocycles. The largest absolute Gasteiger partial charge is 0.462 e. The molecule has 0 spiro atoms. The van der Waals surface area contributed by atoms with Crippen LogP contribution < -0.4 is 5.32 Å². The van der Waals surface area contributed by atoms with Gasteiger partial charge in [0.15, 0.2) is 0 Å². The maximum Gasteiger partial charge on any atom is 0.323 e. The lowest BCUT2D eigenvalue weighted by atomic mass is 10.0. The number of carbonyl (C=O) groups excluding carboxylic acids is 1. The summed E-state index contributed by atoms with van der Waals surface area (Å²) in [4.78, 5) is 14.6. The minimum atomic E-state index is -0.0563. The summed E-state index contributed by atoms with van der Waals surface area (Å²) >= 11 is 0. The summed E-state index contributed by atoms with van der Waals surface area (Å²) in [5, 5.41) is 3.38. The predicted molar refractivity (Wildman–Crippen MR) is 82.2 cm³/mol. The Morgan fingerprint density at radius 3 is 2.71 bits per heavy atom. The molecule has 122 valence electrons. The summed E-state index contributed by atoms with van der Waals surface area (Å²) in [6.45, 7) is 8.99. The second-order valence-electron chi connectivity index (χ2n) is 6.51. The van der Waals surface area contributed by atoms with E-state index in [2.05, 4.69) is 24.1 Å². The number of carbonyl (C=O) groups is 1. The number of esters is 1. The zero-order chi connectivity index (χ0) is 15.1. The second kappa shape index (κ2) is 8.71. The van der Waals surface area contributed by atoms with Gasteiger partial charge in [0, 0.05) is 12.6 Å². The van der Waals surface area contributed by atoms with Gasteiger partial charge >= 0.3 is 5.97 Å². The molecule has 2 aliphatic heterocycles. The van der Waals surface area contributed by atoms with Crippen LogP contribution in [0.1, 0.15) is 39.5 Å². The van der Waals surface area contributed by atoms with Crippen molar-refractivity contribution in [1.82, 2.24) is 10.2 Å². The molecule has 0 aromatic heterocycles. The van der Waals surface area contributed by atoms with Crippen LogP contribution in [0.2, 0.25) is 0 Å². The van der Waals surface area contributed by atoms with Crippen LogP contribution in [0.4, 0.5) is 0 Å². The highest BCUT2D eigenvalue weighted by Gasteiger charge is 2.36. The molecule has 1 N–H and O–H groups in total. The van der Waals surface area contributed by atoms with E-state index in [1.54, 1.807) is 0 Å². The van der Waals surface area contributed by atoms with Crippen molar-refractivity contribution in [2.75, 3.05) is 39.5 Å². The van der Waals surface area contributed by atoms with Crippen molar-refractivity contribution in [2.24, 2.45) is 5.92 Å². The van der Waals surface area contributed by atoms with Gasteiger partial charge in [-0.2, -0.15) is 0 Å². The fraction of sp³-hybridized carbons (Fsp3) is 0.938. The Balaban J connectivity index is 1.70. The van der Waals surface area contributed by atoms with Crippen LogP contribution in [0.5, 0.6) is 0 Å². The zero-order valence-corrected chi connectivity index (χ0v) is 13.5. The van der Waals surface area contributed by atoms with Crippen LogP contribution in [0.3, 0.4) is 0 Å². The monoisotopic (exact) mass is 298 g/mol. The van der Waals surface area contributed by atoms with Gasteiger partial charge in [0.25, 0.3) is 0 Å². The molecule has 5 nitrogen and oxygen atoms in total. The van der Waals surface area contributed by atoms with Crippen molar-refractivity contribution in [1.29, 1.82) is 0 Å². The molecule has 2 rings (SSSR count). The summed E-state index contributed by atoms with van der Waals surface area (Å²) in [5.74, 6) is 0.463. The molecule has 0 aromatic carbocycles. The van der Waals surface area contributed by atoms with Crippen molar-refractivity contribution in [3.63, 3.8) is 0 Å². The fourth-order valence-electron chi connectivity index (χ4n) is 3.23. The van der Waals surface area contributed by atoms with Gasteiger partial charge in [0.2, 0.25) is 0 Å². The van der Waals surface area contributed by atoms with Crippen LogP contribution in [0.25, 0.3) is 0 Å². The molecule has 2 heterocycles. The third kappa shape index (κ3) is 5.24. The van der Waals surface area contributed by atoms with Crippen LogP contribution >= 0.6 is 0 Å². The van der Waals surface area contributed by atoms with E-state index in [0.717, 1.165) is 51.9 Å². The van der Waals surface area contributed by atoms with Crippen LogP contribution in [0, 0.1) is 5.92 Å². The minimum absolute atomic E-state index is 0.0294. The number of hydrogen-bond acceptors (Lipinski definition) is 5. The molecule has 1 atom stereocenters. The standard InChI is InChI=1S/C16H30N2O3/c1-13(2)12-20-10-11-21-16(19)15-4-3-9-18(15)14-5-7-17-8-6-14/h13-15,17H,3-12H2,1-2H3. The quantitative estimate of drug-likeness (QED) is 0.569. The van der Waals surface area contributed by atoms with Gasteiger partial charge in [0.05, 0.1) is 6.61 Å². The van der Waals surface area contributed by atoms with Crippen molar-refractivity contribution < 1.29 is 14.3 Å². The van der Waals surface area contributed by atoms with Crippen molar-refractivity contribution in [3.05, 3.63) is 0 Å². The van der Waals surface area contributed by atoms with Crippen LogP contribution in [-0.4, -0.2) is 62.4 Å². The van der Waals surface area contributed by atoms with Gasteiger partial charge in [-0.05, 0) is 51.2 Å². The van der Waals surface area contributed by atoms with E-state index in [1.807, 2.05) is 0 Å². The second-order valence-corrected chi connectivity index (χ2v) is 6.51. The third-order valence-corrected chi connectivity index (χ3v) is 4.27. The molecule has 1 unspecified atom stereocenters. The summed E-state index contributed by atoms with van der Waals surface area (Å²) in [5.41, 5.74) is 0. The topological polar surface area (TPSA) is 50.8 Å². The van der Waals surface area contributed by atoms with E-state index in [0.29, 0.717) is 25.2 Å². The molecule has 5 heteroatoms. The molecular formula is C16H30N2O3. The number of nitrogens with zero attached hydrogens (tertiary/aromatic N) is 1. The van der Waals surface area contributed by atoms with E-state index in [-0.39, 0.29) is 12.0 Å². The summed E-state index contributed by atoms with van der Waals surface area (Å²) in [7, 11) is 0. The first-order valence-corrected chi connectivity index (χ1v) is 8.39. The number of likely N-dealkylation sites (tertiary alicyclic amines) is 1. The molecule has 0 saturated carbocycles. The first kappa shape index (κ1) is 16.7. The summed E-state index contributed by atoms with van der Waals surface area (Å²) < 4.78 is 10.9. The number of rotatable bonds is 7. The smallest absolute Gasteiger partial charge is 0.323 e. The summed E-state index contributed by atoms with van der Waals surface area (Å²) in [6, 6.07) is 0.515. The molecule has 2 saturated heterocycles. The maximum atomic E-state index is 12.3. The highest BCUT2D eigenvalue weighted by molar-refractivity contribution is 5.76. The highest BCUT2D eigenvalue weighted by atomic mass is 16.6. The molecule has 0 aromatic rings. The Bertz CT molecular complexity index is 317. The Labute approximate surface area is 128 Å². The van der Waals surface area contributed by atoms with E-state index < -0.39 is 0 Å². The van der Waals surface area contributed by atoms with Gasteiger partial charge < -0.3 is 14.8 Å².